The van der Waals surface area contributed by atoms with Gasteiger partial charge in [-0.3, -0.25) is 0 Å². The third-order valence-corrected chi connectivity index (χ3v) is 5.32. The largest absolute Gasteiger partial charge is 0.496 e. The van der Waals surface area contributed by atoms with Gasteiger partial charge in [-0.15, -0.1) is 4.40 Å². The summed E-state index contributed by atoms with van der Waals surface area (Å²) in [6, 6.07) is 18.0. The minimum Gasteiger partial charge on any atom is -0.496 e. The lowest BCUT2D eigenvalue weighted by atomic mass is 10.0. The summed E-state index contributed by atoms with van der Waals surface area (Å²) in [4.78, 5) is 0.187. The summed E-state index contributed by atoms with van der Waals surface area (Å²) >= 11 is 0. The lowest BCUT2D eigenvalue weighted by molar-refractivity contribution is 0.420. The fourth-order valence-electron chi connectivity index (χ4n) is 2.89. The van der Waals surface area contributed by atoms with Crippen LogP contribution in [-0.2, 0) is 10.0 Å². The highest BCUT2D eigenvalue weighted by Gasteiger charge is 2.26. The highest BCUT2D eigenvalue weighted by Crippen LogP contribution is 2.32. The summed E-state index contributed by atoms with van der Waals surface area (Å²) in [5.41, 5.74) is 1.24. The van der Waals surface area contributed by atoms with E-state index < -0.39 is 10.0 Å². The quantitative estimate of drug-likeness (QED) is 0.777. The molecule has 0 spiro atoms. The van der Waals surface area contributed by atoms with Crippen LogP contribution in [0.4, 0.5) is 5.69 Å². The average molecular weight is 338 g/mol. The summed E-state index contributed by atoms with van der Waals surface area (Å²) in [5.74, 6) is 1.04. The predicted molar refractivity (Wildman–Crippen MR) is 94.3 cm³/mol. The maximum Gasteiger partial charge on any atom is 0.286 e. The van der Waals surface area contributed by atoms with Crippen molar-refractivity contribution in [2.24, 2.45) is 4.40 Å². The van der Waals surface area contributed by atoms with Crippen molar-refractivity contribution in [2.75, 3.05) is 12.4 Å². The molecule has 0 saturated heterocycles. The predicted octanol–water partition coefficient (Wildman–Crippen LogP) is 3.41. The third kappa shape index (κ3) is 2.23. The zero-order valence-corrected chi connectivity index (χ0v) is 13.7. The van der Waals surface area contributed by atoms with E-state index in [-0.39, 0.29) is 4.90 Å². The number of nitrogens with one attached hydrogen (secondary N) is 1. The van der Waals surface area contributed by atoms with Crippen molar-refractivity contribution in [3.8, 4) is 5.75 Å². The summed E-state index contributed by atoms with van der Waals surface area (Å²) in [5, 5.41) is 4.90. The van der Waals surface area contributed by atoms with Gasteiger partial charge in [0.2, 0.25) is 0 Å². The first kappa shape index (κ1) is 14.7. The van der Waals surface area contributed by atoms with Gasteiger partial charge >= 0.3 is 0 Å². The topological polar surface area (TPSA) is 67.8 Å². The number of benzene rings is 3. The van der Waals surface area contributed by atoms with Crippen LogP contribution in [0.1, 0.15) is 5.56 Å². The van der Waals surface area contributed by atoms with E-state index in [2.05, 4.69) is 9.71 Å². The van der Waals surface area contributed by atoms with Gasteiger partial charge in [0, 0.05) is 10.9 Å². The van der Waals surface area contributed by atoms with Crippen LogP contribution in [0.25, 0.3) is 10.8 Å². The Morgan fingerprint density at radius 3 is 2.42 bits per heavy atom. The number of rotatable bonds is 2. The van der Waals surface area contributed by atoms with Crippen molar-refractivity contribution in [3.05, 3.63) is 66.2 Å². The van der Waals surface area contributed by atoms with E-state index in [1.165, 1.54) is 0 Å². The molecular formula is C18H14N2O3S. The average Bonchev–Trinajstić information content (AvgIpc) is 2.60. The molecule has 0 aromatic heterocycles. The molecule has 3 aromatic carbocycles. The molecule has 3 aromatic rings. The zero-order chi connectivity index (χ0) is 16.7. The number of para-hydroxylation sites is 1. The first-order valence-corrected chi connectivity index (χ1v) is 8.81. The number of sulfonamides is 1. The van der Waals surface area contributed by atoms with Crippen molar-refractivity contribution in [1.29, 1.82) is 0 Å². The van der Waals surface area contributed by atoms with Gasteiger partial charge in [-0.1, -0.05) is 36.4 Å². The minimum atomic E-state index is -3.73. The molecule has 1 heterocycles. The molecule has 1 aliphatic heterocycles. The van der Waals surface area contributed by atoms with Gasteiger partial charge in [0.25, 0.3) is 10.0 Å². The van der Waals surface area contributed by atoms with E-state index in [0.29, 0.717) is 17.1 Å². The monoisotopic (exact) mass is 338 g/mol. The van der Waals surface area contributed by atoms with Crippen LogP contribution in [0.5, 0.6) is 5.75 Å². The first-order valence-electron chi connectivity index (χ1n) is 7.37. The Balaban J connectivity index is 1.96. The molecule has 1 N–H and O–H groups in total. The van der Waals surface area contributed by atoms with E-state index >= 15 is 0 Å². The van der Waals surface area contributed by atoms with Crippen molar-refractivity contribution in [3.63, 3.8) is 0 Å². The first-order chi connectivity index (χ1) is 11.6. The molecule has 120 valence electrons. The maximum absolute atomic E-state index is 12.5. The number of fused-ring (bicyclic) bond motifs is 2. The number of amidine groups is 1. The smallest absolute Gasteiger partial charge is 0.286 e. The number of ether oxygens (including phenoxy) is 1. The minimum absolute atomic E-state index is 0.187. The van der Waals surface area contributed by atoms with Crippen molar-refractivity contribution >= 4 is 32.3 Å². The molecule has 0 amide bonds. The third-order valence-electron chi connectivity index (χ3n) is 3.99. The van der Waals surface area contributed by atoms with Gasteiger partial charge in [0.05, 0.1) is 12.8 Å². The fraction of sp³-hybridized carbons (Fsp3) is 0.0556. The van der Waals surface area contributed by atoms with Gasteiger partial charge in [0.15, 0.2) is 5.84 Å². The van der Waals surface area contributed by atoms with E-state index in [4.69, 9.17) is 4.74 Å². The van der Waals surface area contributed by atoms with Crippen LogP contribution in [0.3, 0.4) is 0 Å². The molecule has 0 atom stereocenters. The number of anilines is 1. The normalized spacial score (nSPS) is 15.3. The van der Waals surface area contributed by atoms with Crippen LogP contribution >= 0.6 is 0 Å². The second-order valence-electron chi connectivity index (χ2n) is 5.40. The molecule has 0 saturated carbocycles. The molecule has 1 aliphatic rings. The van der Waals surface area contributed by atoms with E-state index in [1.54, 1.807) is 31.4 Å². The number of methoxy groups -OCH3 is 1. The van der Waals surface area contributed by atoms with Crippen LogP contribution in [0, 0.1) is 0 Å². The van der Waals surface area contributed by atoms with Gasteiger partial charge in [-0.25, -0.2) is 0 Å². The van der Waals surface area contributed by atoms with Gasteiger partial charge in [0.1, 0.15) is 10.6 Å². The van der Waals surface area contributed by atoms with E-state index in [9.17, 15) is 8.42 Å². The molecule has 0 aliphatic carbocycles. The summed E-state index contributed by atoms with van der Waals surface area (Å²) in [7, 11) is -2.12. The molecule has 0 bridgehead atoms. The molecule has 5 nitrogen and oxygen atoms in total. The van der Waals surface area contributed by atoms with Gasteiger partial charge < -0.3 is 10.1 Å². The van der Waals surface area contributed by atoms with E-state index in [1.807, 2.05) is 36.4 Å². The maximum atomic E-state index is 12.5. The lowest BCUT2D eigenvalue weighted by Crippen LogP contribution is -2.22. The summed E-state index contributed by atoms with van der Waals surface area (Å²) in [6.45, 7) is 0. The van der Waals surface area contributed by atoms with Crippen molar-refractivity contribution < 1.29 is 13.2 Å². The number of hydrogen-bond donors (Lipinski definition) is 1. The van der Waals surface area contributed by atoms with Gasteiger partial charge in [-0.05, 0) is 29.7 Å². The number of nitrogens with zero attached hydrogens (tertiary/aromatic N) is 1. The molecule has 0 fully saturated rings. The summed E-state index contributed by atoms with van der Waals surface area (Å²) < 4.78 is 34.3. The van der Waals surface area contributed by atoms with Crippen LogP contribution in [0.15, 0.2) is 70.0 Å². The molecule has 6 heteroatoms. The Bertz CT molecular complexity index is 1090. The Labute approximate surface area is 139 Å². The molecule has 4 rings (SSSR count). The highest BCUT2D eigenvalue weighted by molar-refractivity contribution is 7.90. The second-order valence-corrected chi connectivity index (χ2v) is 6.97. The van der Waals surface area contributed by atoms with Gasteiger partial charge in [-0.2, -0.15) is 8.42 Å². The Hall–Kier alpha value is -2.86. The Morgan fingerprint density at radius 2 is 1.62 bits per heavy atom. The Morgan fingerprint density at radius 1 is 0.917 bits per heavy atom. The fourth-order valence-corrected chi connectivity index (χ4v) is 4.02. The lowest BCUT2D eigenvalue weighted by Gasteiger charge is -2.19. The van der Waals surface area contributed by atoms with Crippen LogP contribution in [-0.4, -0.2) is 21.4 Å². The molecule has 24 heavy (non-hydrogen) atoms. The van der Waals surface area contributed by atoms with Crippen LogP contribution in [0.2, 0.25) is 0 Å². The molecule has 0 unspecified atom stereocenters. The Kier molecular flexibility index (Phi) is 3.28. The summed E-state index contributed by atoms with van der Waals surface area (Å²) in [6.07, 6.45) is 0. The van der Waals surface area contributed by atoms with Crippen molar-refractivity contribution in [1.82, 2.24) is 0 Å². The number of hydrogen-bond acceptors (Lipinski definition) is 4. The molecular weight excluding hydrogens is 324 g/mol. The van der Waals surface area contributed by atoms with Crippen molar-refractivity contribution in [2.45, 2.75) is 4.90 Å². The molecule has 0 radical (unpaired) electrons. The van der Waals surface area contributed by atoms with Crippen LogP contribution < -0.4 is 10.1 Å². The van der Waals surface area contributed by atoms with E-state index in [0.717, 1.165) is 16.5 Å². The highest BCUT2D eigenvalue weighted by atomic mass is 32.2. The second kappa shape index (κ2) is 5.35. The SMILES string of the molecule is COc1ccc(C2=NS(=O)(=O)c3ccccc3N2)c2ccccc12. The standard InChI is InChI=1S/C18H14N2O3S/c1-23-16-11-10-14(12-6-2-3-7-13(12)16)18-19-15-8-4-5-9-17(15)24(21,22)20-18/h2-11H,1H3,(H,19,20). The zero-order valence-electron chi connectivity index (χ0n) is 12.9.